The van der Waals surface area contributed by atoms with Crippen molar-refractivity contribution in [2.45, 2.75) is 36.9 Å². The molecule has 2 aromatic carbocycles. The predicted molar refractivity (Wildman–Crippen MR) is 215 cm³/mol. The molecule has 6 aromatic rings. The van der Waals surface area contributed by atoms with Crippen LogP contribution < -0.4 is 21.8 Å². The van der Waals surface area contributed by atoms with Crippen molar-refractivity contribution in [3.63, 3.8) is 0 Å². The molecule has 3 atom stereocenters. The summed E-state index contributed by atoms with van der Waals surface area (Å²) in [5.74, 6) is -0.807. The molecule has 0 aliphatic heterocycles. The third kappa shape index (κ3) is 10.7. The molecule has 16 nitrogen and oxygen atoms in total. The number of pyridine rings is 2. The maximum Gasteiger partial charge on any atom is 0.330 e. The zero-order chi connectivity index (χ0) is 40.9. The van der Waals surface area contributed by atoms with E-state index in [0.29, 0.717) is 37.9 Å². The Morgan fingerprint density at radius 3 is 1.70 bits per heavy atom. The number of aromatic amines is 2. The molecule has 1 unspecified atom stereocenters. The van der Waals surface area contributed by atoms with Crippen LogP contribution in [0.2, 0.25) is 10.0 Å². The van der Waals surface area contributed by atoms with Gasteiger partial charge in [0.2, 0.25) is 11.9 Å². The lowest BCUT2D eigenvalue weighted by atomic mass is 10.1. The topological polar surface area (TPSA) is 236 Å². The van der Waals surface area contributed by atoms with Gasteiger partial charge in [0.25, 0.3) is 11.1 Å². The van der Waals surface area contributed by atoms with Crippen LogP contribution in [-0.2, 0) is 35.0 Å². The smallest absolute Gasteiger partial charge is 0.330 e. The number of hydrogen-bond acceptors (Lipinski definition) is 14. The minimum Gasteiger partial charge on any atom is -0.468 e. The molecule has 0 saturated heterocycles. The minimum absolute atomic E-state index is 0.0340. The lowest BCUT2D eigenvalue weighted by Gasteiger charge is -2.16. The summed E-state index contributed by atoms with van der Waals surface area (Å²) in [6, 6.07) is 15.8. The Hall–Kier alpha value is -5.43. The highest BCUT2D eigenvalue weighted by molar-refractivity contribution is 7.91. The van der Waals surface area contributed by atoms with Gasteiger partial charge in [0.15, 0.2) is 24.9 Å². The summed E-state index contributed by atoms with van der Waals surface area (Å²) in [5, 5.41) is 7.09. The number of rotatable bonds is 11. The second-order valence-corrected chi connectivity index (χ2v) is 17.9. The van der Waals surface area contributed by atoms with Gasteiger partial charge < -0.3 is 25.3 Å². The Balaban J connectivity index is 0.000000216. The zero-order valence-corrected chi connectivity index (χ0v) is 33.6. The third-order valence-corrected chi connectivity index (χ3v) is 10.8. The van der Waals surface area contributed by atoms with E-state index in [1.807, 2.05) is 0 Å². The van der Waals surface area contributed by atoms with E-state index in [9.17, 15) is 31.2 Å². The molecule has 0 aliphatic rings. The number of hydrogen-bond donors (Lipinski definition) is 4. The first-order valence-corrected chi connectivity index (χ1v) is 21.4. The summed E-state index contributed by atoms with van der Waals surface area (Å²) in [4.78, 5) is 58.9. The average molecular weight is 844 g/mol. The van der Waals surface area contributed by atoms with Gasteiger partial charge in [0, 0.05) is 67.9 Å². The minimum atomic E-state index is -3.82. The molecule has 0 amide bonds. The van der Waals surface area contributed by atoms with Crippen molar-refractivity contribution in [2.24, 2.45) is 0 Å². The number of fused-ring (bicyclic) bond motifs is 2. The largest absolute Gasteiger partial charge is 0.468 e. The third-order valence-electron chi connectivity index (χ3n) is 8.21. The maximum absolute atomic E-state index is 12.5. The molecule has 0 fully saturated rings. The maximum atomic E-state index is 12.5. The van der Waals surface area contributed by atoms with Gasteiger partial charge in [-0.25, -0.2) is 36.8 Å². The van der Waals surface area contributed by atoms with Crippen molar-refractivity contribution in [1.29, 1.82) is 0 Å². The second-order valence-electron chi connectivity index (χ2n) is 12.8. The van der Waals surface area contributed by atoms with Crippen LogP contribution in [0, 0.1) is 0 Å². The van der Waals surface area contributed by atoms with Crippen LogP contribution in [-0.4, -0.2) is 72.3 Å². The Bertz CT molecular complexity index is 2780. The van der Waals surface area contributed by atoms with Crippen LogP contribution in [0.1, 0.15) is 53.7 Å². The van der Waals surface area contributed by atoms with Crippen LogP contribution >= 0.6 is 23.2 Å². The normalized spacial score (nSPS) is 13.3. The number of sulfone groups is 2. The first kappa shape index (κ1) is 41.7. The standard InChI is InChI=1S/C19H19ClN4O5S.C17H17ClN4O3S/c1-10(13-9-11-8-12(20)4-5-14(11)23-17(13)25)22-19-21-7-6-15(24-19)16(18(26)29-2)30(3,27)28;1-10(20-17-19-6-5-13(21-17)9-26(2,24)25)14-8-11-7-12(18)3-4-15(11)22-16(14)23/h4-10,16H,1-3H3,(H,23,25)(H,21,22,24);3-8,10H,9H2,1-2H3,(H,22,23)(H,19,20,21)/t10-,16?;10-/m00/s1. The summed E-state index contributed by atoms with van der Waals surface area (Å²) in [6.45, 7) is 3.53. The number of anilines is 2. The van der Waals surface area contributed by atoms with Gasteiger partial charge in [0.05, 0.1) is 36.3 Å². The van der Waals surface area contributed by atoms with E-state index in [1.165, 1.54) is 18.5 Å². The monoisotopic (exact) mass is 842 g/mol. The number of carbonyl (C=O) groups excluding carboxylic acids is 1. The molecular formula is C36H36Cl2N8O8S2. The van der Waals surface area contributed by atoms with E-state index >= 15 is 0 Å². The van der Waals surface area contributed by atoms with Gasteiger partial charge in [0.1, 0.15) is 0 Å². The number of nitrogens with one attached hydrogen (secondary N) is 4. The van der Waals surface area contributed by atoms with Crippen LogP contribution in [0.5, 0.6) is 0 Å². The molecule has 294 valence electrons. The van der Waals surface area contributed by atoms with Gasteiger partial charge in [-0.05, 0) is 74.5 Å². The summed E-state index contributed by atoms with van der Waals surface area (Å²) in [5.41, 5.74) is 2.07. The summed E-state index contributed by atoms with van der Waals surface area (Å²) in [7, 11) is -5.92. The first-order valence-electron chi connectivity index (χ1n) is 16.6. The molecule has 6 rings (SSSR count). The van der Waals surface area contributed by atoms with Crippen molar-refractivity contribution in [1.82, 2.24) is 29.9 Å². The van der Waals surface area contributed by atoms with Crippen LogP contribution in [0.25, 0.3) is 21.8 Å². The molecular weight excluding hydrogens is 807 g/mol. The number of methoxy groups -OCH3 is 1. The molecule has 0 bridgehead atoms. The van der Waals surface area contributed by atoms with Gasteiger partial charge in [-0.15, -0.1) is 0 Å². The summed E-state index contributed by atoms with van der Waals surface area (Å²) < 4.78 is 51.5. The molecule has 0 saturated carbocycles. The first-order chi connectivity index (χ1) is 26.3. The highest BCUT2D eigenvalue weighted by Gasteiger charge is 2.33. The highest BCUT2D eigenvalue weighted by atomic mass is 35.5. The molecule has 20 heteroatoms. The Morgan fingerprint density at radius 1 is 0.750 bits per heavy atom. The average Bonchev–Trinajstić information content (AvgIpc) is 3.10. The van der Waals surface area contributed by atoms with E-state index < -0.39 is 43.0 Å². The summed E-state index contributed by atoms with van der Waals surface area (Å²) in [6.07, 6.45) is 4.87. The Morgan fingerprint density at radius 2 is 1.23 bits per heavy atom. The number of aromatic nitrogens is 6. The van der Waals surface area contributed by atoms with Gasteiger partial charge in [-0.2, -0.15) is 0 Å². The SMILES string of the molecule is COC(=O)C(c1ccnc(N[C@@H](C)c2cc3cc(Cl)ccc3[nH]c2=O)n1)S(C)(=O)=O.C[C@H](Nc1nccc(CS(C)(=O)=O)n1)c1cc2cc(Cl)ccc2[nH]c1=O. The summed E-state index contributed by atoms with van der Waals surface area (Å²) >= 11 is 12.0. The molecule has 0 radical (unpaired) electrons. The van der Waals surface area contributed by atoms with Gasteiger partial charge in [-0.1, -0.05) is 23.2 Å². The number of ether oxygens (including phenoxy) is 1. The fourth-order valence-corrected chi connectivity index (χ4v) is 7.67. The zero-order valence-electron chi connectivity index (χ0n) is 30.5. The van der Waals surface area contributed by atoms with Crippen LogP contribution in [0.4, 0.5) is 11.9 Å². The quantitative estimate of drug-likeness (QED) is 0.124. The fraction of sp³-hybridized carbons (Fsp3) is 0.250. The molecule has 0 aliphatic carbocycles. The van der Waals surface area contributed by atoms with Crippen molar-refractivity contribution in [3.8, 4) is 0 Å². The van der Waals surface area contributed by atoms with Crippen molar-refractivity contribution in [3.05, 3.63) is 126 Å². The van der Waals surface area contributed by atoms with E-state index in [2.05, 4.69) is 45.3 Å². The molecule has 56 heavy (non-hydrogen) atoms. The number of benzene rings is 2. The number of carbonyl (C=O) groups is 1. The molecule has 4 aromatic heterocycles. The lowest BCUT2D eigenvalue weighted by Crippen LogP contribution is -2.24. The van der Waals surface area contributed by atoms with E-state index in [-0.39, 0.29) is 34.5 Å². The fourth-order valence-electron chi connectivity index (χ4n) is 5.60. The number of nitrogens with zero attached hydrogens (tertiary/aromatic N) is 4. The van der Waals surface area contributed by atoms with Gasteiger partial charge >= 0.3 is 5.97 Å². The predicted octanol–water partition coefficient (Wildman–Crippen LogP) is 5.09. The van der Waals surface area contributed by atoms with Crippen LogP contribution in [0.3, 0.4) is 0 Å². The van der Waals surface area contributed by atoms with E-state index in [1.54, 1.807) is 68.4 Å². The number of esters is 1. The lowest BCUT2D eigenvalue weighted by molar-refractivity contribution is -0.140. The van der Waals surface area contributed by atoms with Gasteiger partial charge in [-0.3, -0.25) is 14.4 Å². The van der Waals surface area contributed by atoms with Crippen molar-refractivity contribution >= 4 is 82.5 Å². The Kier molecular flexibility index (Phi) is 12.8. The van der Waals surface area contributed by atoms with Crippen molar-refractivity contribution < 1.29 is 26.4 Å². The number of halogens is 2. The van der Waals surface area contributed by atoms with Crippen LogP contribution in [0.15, 0.2) is 82.6 Å². The van der Waals surface area contributed by atoms with Crippen molar-refractivity contribution in [2.75, 3.05) is 30.3 Å². The number of H-pyrrole nitrogens is 2. The van der Waals surface area contributed by atoms with E-state index in [0.717, 1.165) is 30.4 Å². The molecule has 0 spiro atoms. The van der Waals surface area contributed by atoms with E-state index in [4.69, 9.17) is 23.2 Å². The Labute approximate surface area is 330 Å². The molecule has 4 N–H and O–H groups in total. The second kappa shape index (κ2) is 17.2. The highest BCUT2D eigenvalue weighted by Crippen LogP contribution is 2.25. The molecule has 4 heterocycles.